The van der Waals surface area contributed by atoms with E-state index >= 15 is 0 Å². The molecule has 2 aromatic carbocycles. The van der Waals surface area contributed by atoms with Crippen LogP contribution in [0.15, 0.2) is 42.5 Å². The number of methoxy groups -OCH3 is 2. The van der Waals surface area contributed by atoms with E-state index in [1.54, 1.807) is 41.3 Å². The number of aromatic nitrogens is 1. The number of halogens is 4. The smallest absolute Gasteiger partial charge is 0.406 e. The van der Waals surface area contributed by atoms with E-state index in [1.807, 2.05) is 0 Å². The van der Waals surface area contributed by atoms with Gasteiger partial charge < -0.3 is 30.4 Å². The highest BCUT2D eigenvalue weighted by atomic mass is 19.4. The first-order chi connectivity index (χ1) is 20.0. The number of hydrogen-bond acceptors (Lipinski definition) is 7. The maximum absolute atomic E-state index is 14.9. The van der Waals surface area contributed by atoms with Crippen LogP contribution in [0.25, 0.3) is 10.9 Å². The minimum atomic E-state index is -4.50. The summed E-state index contributed by atoms with van der Waals surface area (Å²) in [6, 6.07) is 10.5. The summed E-state index contributed by atoms with van der Waals surface area (Å²) >= 11 is 0. The molecule has 1 aliphatic heterocycles. The first-order valence-electron chi connectivity index (χ1n) is 13.1. The van der Waals surface area contributed by atoms with Crippen molar-refractivity contribution < 1.29 is 36.6 Å². The number of rotatable bonds is 9. The molecule has 4 N–H and O–H groups in total. The summed E-state index contributed by atoms with van der Waals surface area (Å²) in [5.41, 5.74) is 6.97. The van der Waals surface area contributed by atoms with E-state index in [9.17, 15) is 27.2 Å². The Morgan fingerprint density at radius 1 is 1.14 bits per heavy atom. The lowest BCUT2D eigenvalue weighted by Gasteiger charge is -2.35. The fraction of sp³-hybridized carbons (Fsp3) is 0.379. The number of piperidine rings is 1. The summed E-state index contributed by atoms with van der Waals surface area (Å²) in [6.45, 7) is -0.749. The van der Waals surface area contributed by atoms with Gasteiger partial charge in [0.15, 0.2) is 0 Å². The van der Waals surface area contributed by atoms with Crippen LogP contribution < -0.4 is 21.1 Å². The van der Waals surface area contributed by atoms with Gasteiger partial charge in [0.1, 0.15) is 18.5 Å². The lowest BCUT2D eigenvalue weighted by Crippen LogP contribution is -2.49. The largest absolute Gasteiger partial charge is 0.495 e. The topological polar surface area (TPSA) is 111 Å². The molecule has 0 unspecified atom stereocenters. The molecule has 1 aromatic heterocycles. The van der Waals surface area contributed by atoms with Gasteiger partial charge in [-0.1, -0.05) is 12.0 Å². The summed E-state index contributed by atoms with van der Waals surface area (Å²) in [4.78, 5) is 24.6. The molecule has 1 saturated heterocycles. The van der Waals surface area contributed by atoms with Crippen molar-refractivity contribution in [1.82, 2.24) is 9.47 Å². The average Bonchev–Trinajstić information content (AvgIpc) is 3.28. The minimum Gasteiger partial charge on any atom is -0.495 e. The van der Waals surface area contributed by atoms with Gasteiger partial charge in [-0.15, -0.1) is 0 Å². The number of likely N-dealkylation sites (tertiary alicyclic amines) is 1. The first kappa shape index (κ1) is 30.5. The second-order valence-corrected chi connectivity index (χ2v) is 9.79. The van der Waals surface area contributed by atoms with Gasteiger partial charge in [-0.25, -0.2) is 9.18 Å². The Bertz CT molecular complexity index is 1510. The monoisotopic (exact) mass is 589 g/mol. The molecule has 0 spiro atoms. The van der Waals surface area contributed by atoms with E-state index in [-0.39, 0.29) is 25.3 Å². The second-order valence-electron chi connectivity index (χ2n) is 9.79. The van der Waals surface area contributed by atoms with Crippen LogP contribution in [0.3, 0.4) is 0 Å². The molecular weight excluding hydrogens is 558 g/mol. The third-order valence-corrected chi connectivity index (χ3v) is 6.84. The van der Waals surface area contributed by atoms with Gasteiger partial charge in [-0.3, -0.25) is 9.69 Å². The summed E-state index contributed by atoms with van der Waals surface area (Å²) in [5, 5.41) is 6.66. The number of anilines is 2. The highest BCUT2D eigenvalue weighted by molar-refractivity contribution is 5.94. The summed E-state index contributed by atoms with van der Waals surface area (Å²) < 4.78 is 66.7. The van der Waals surface area contributed by atoms with Gasteiger partial charge in [0, 0.05) is 24.2 Å². The Hall–Kier alpha value is -4.44. The third-order valence-electron chi connectivity index (χ3n) is 6.84. The number of fused-ring (bicyclic) bond motifs is 1. The van der Waals surface area contributed by atoms with Gasteiger partial charge >= 0.3 is 12.1 Å². The minimum absolute atomic E-state index is 0.0194. The predicted molar refractivity (Wildman–Crippen MR) is 150 cm³/mol. The maximum atomic E-state index is 14.9. The quantitative estimate of drug-likeness (QED) is 0.198. The number of hydrogen-bond donors (Lipinski definition) is 3. The van der Waals surface area contributed by atoms with Crippen molar-refractivity contribution in [3.05, 3.63) is 53.7 Å². The SMILES string of the molecule is COC(=O)c1ccc(NCC#Cc2cc3c(N[C@H]4CCN(CC(N)=O)C[C@H]4F)cccc3n2CC(F)(F)F)c(OC)c1. The normalized spacial score (nSPS) is 17.3. The van der Waals surface area contributed by atoms with Crippen molar-refractivity contribution in [3.8, 4) is 17.6 Å². The number of nitrogens with one attached hydrogen (secondary N) is 2. The summed E-state index contributed by atoms with van der Waals surface area (Å²) in [7, 11) is 2.70. The van der Waals surface area contributed by atoms with Crippen LogP contribution in [0.1, 0.15) is 22.5 Å². The third kappa shape index (κ3) is 7.44. The van der Waals surface area contributed by atoms with Crippen LogP contribution in [-0.2, 0) is 16.1 Å². The van der Waals surface area contributed by atoms with Crippen LogP contribution in [0, 0.1) is 11.8 Å². The number of benzene rings is 2. The fourth-order valence-electron chi connectivity index (χ4n) is 4.91. The van der Waals surface area contributed by atoms with Crippen molar-refractivity contribution in [2.75, 3.05) is 51.0 Å². The maximum Gasteiger partial charge on any atom is 0.406 e. The zero-order valence-electron chi connectivity index (χ0n) is 23.1. The predicted octanol–water partition coefficient (Wildman–Crippen LogP) is 3.77. The van der Waals surface area contributed by atoms with Crippen molar-refractivity contribution in [2.24, 2.45) is 5.73 Å². The molecule has 1 fully saturated rings. The lowest BCUT2D eigenvalue weighted by atomic mass is 10.0. The Morgan fingerprint density at radius 2 is 1.93 bits per heavy atom. The molecule has 2 heterocycles. The molecule has 0 bridgehead atoms. The Morgan fingerprint density at radius 3 is 2.60 bits per heavy atom. The number of esters is 1. The number of alkyl halides is 4. The van der Waals surface area contributed by atoms with Gasteiger partial charge in [0.2, 0.25) is 5.91 Å². The average molecular weight is 590 g/mol. The van der Waals surface area contributed by atoms with E-state index in [1.165, 1.54) is 20.3 Å². The number of ether oxygens (including phenoxy) is 2. The van der Waals surface area contributed by atoms with Crippen LogP contribution in [0.5, 0.6) is 5.75 Å². The van der Waals surface area contributed by atoms with Crippen molar-refractivity contribution in [3.63, 3.8) is 0 Å². The Balaban J connectivity index is 1.56. The molecule has 2 atom stereocenters. The number of carbonyl (C=O) groups is 2. The van der Waals surface area contributed by atoms with Crippen LogP contribution in [0.4, 0.5) is 28.9 Å². The highest BCUT2D eigenvalue weighted by Gasteiger charge is 2.32. The first-order valence-corrected chi connectivity index (χ1v) is 13.1. The summed E-state index contributed by atoms with van der Waals surface area (Å²) in [5.74, 6) is 4.97. The van der Waals surface area contributed by atoms with Gasteiger partial charge in [-0.2, -0.15) is 13.2 Å². The molecule has 9 nitrogen and oxygen atoms in total. The highest BCUT2D eigenvalue weighted by Crippen LogP contribution is 2.32. The Kier molecular flexibility index (Phi) is 9.47. The number of carbonyl (C=O) groups excluding carboxylic acids is 2. The number of primary amides is 1. The van der Waals surface area contributed by atoms with E-state index < -0.39 is 36.8 Å². The van der Waals surface area contributed by atoms with Gasteiger partial charge in [-0.05, 0) is 48.7 Å². The van der Waals surface area contributed by atoms with Crippen molar-refractivity contribution in [1.29, 1.82) is 0 Å². The number of amides is 1. The number of nitrogens with two attached hydrogens (primary N) is 1. The molecule has 0 aliphatic carbocycles. The molecule has 0 saturated carbocycles. The van der Waals surface area contributed by atoms with Gasteiger partial charge in [0.05, 0.1) is 55.8 Å². The van der Waals surface area contributed by atoms with E-state index in [0.717, 1.165) is 4.57 Å². The molecular formula is C29H31F4N5O4. The fourth-order valence-corrected chi connectivity index (χ4v) is 4.91. The van der Waals surface area contributed by atoms with Crippen molar-refractivity contribution >= 4 is 34.2 Å². The molecule has 1 amide bonds. The molecule has 4 rings (SSSR count). The molecule has 0 radical (unpaired) electrons. The zero-order valence-corrected chi connectivity index (χ0v) is 23.1. The summed E-state index contributed by atoms with van der Waals surface area (Å²) in [6.07, 6.45) is -5.43. The molecule has 224 valence electrons. The van der Waals surface area contributed by atoms with Crippen molar-refractivity contribution in [2.45, 2.75) is 31.4 Å². The molecule has 1 aliphatic rings. The van der Waals surface area contributed by atoms with E-state index in [2.05, 4.69) is 22.5 Å². The van der Waals surface area contributed by atoms with E-state index in [4.69, 9.17) is 15.2 Å². The van der Waals surface area contributed by atoms with Crippen LogP contribution in [0.2, 0.25) is 0 Å². The molecule has 42 heavy (non-hydrogen) atoms. The van der Waals surface area contributed by atoms with Gasteiger partial charge in [0.25, 0.3) is 0 Å². The van der Waals surface area contributed by atoms with Crippen LogP contribution in [-0.4, -0.2) is 80.1 Å². The standard InChI is InChI=1S/C29H31F4N5O4/c1-41-26-13-18(28(40)42-2)8-9-24(26)35-11-4-5-19-14-20-22(6-3-7-25(20)38(19)17-29(31,32)33)36-23-10-12-37(15-21(23)30)16-27(34)39/h3,6-9,13-14,21,23,35-36H,10-12,15-17H2,1-2H3,(H2,34,39)/t21-,23+/m1/s1. The van der Waals surface area contributed by atoms with E-state index in [0.29, 0.717) is 46.6 Å². The molecule has 3 aromatic rings. The zero-order chi connectivity index (χ0) is 30.4. The van der Waals surface area contributed by atoms with Crippen LogP contribution >= 0.6 is 0 Å². The Labute approximate surface area is 239 Å². The number of nitrogens with zero attached hydrogens (tertiary/aromatic N) is 2. The second kappa shape index (κ2) is 13.0. The lowest BCUT2D eigenvalue weighted by molar-refractivity contribution is -0.140. The molecule has 13 heteroatoms.